The van der Waals surface area contributed by atoms with Crippen LogP contribution < -0.4 is 0 Å². The Morgan fingerprint density at radius 1 is 1.15 bits per heavy atom. The van der Waals surface area contributed by atoms with Crippen LogP contribution in [0.4, 0.5) is 4.39 Å². The van der Waals surface area contributed by atoms with Crippen LogP contribution in [0.1, 0.15) is 30.7 Å². The summed E-state index contributed by atoms with van der Waals surface area (Å²) in [6, 6.07) is 15.0. The average molecular weight is 364 g/mol. The summed E-state index contributed by atoms with van der Waals surface area (Å²) in [6.45, 7) is -0.215. The van der Waals surface area contributed by atoms with Crippen LogP contribution in [0.2, 0.25) is 0 Å². The number of hydrogen-bond acceptors (Lipinski definition) is 3. The minimum absolute atomic E-state index is 0.0299. The van der Waals surface area contributed by atoms with Crippen molar-refractivity contribution in [2.45, 2.75) is 37.3 Å². The summed E-state index contributed by atoms with van der Waals surface area (Å²) in [5, 5.41) is 19.7. The van der Waals surface area contributed by atoms with E-state index >= 15 is 0 Å². The number of benzene rings is 2. The van der Waals surface area contributed by atoms with Crippen LogP contribution in [-0.2, 0) is 4.79 Å². The Morgan fingerprint density at radius 2 is 1.81 bits per heavy atom. The molecule has 2 aromatic rings. The van der Waals surface area contributed by atoms with E-state index in [9.17, 15) is 19.6 Å². The third kappa shape index (κ3) is 2.81. The molecule has 5 heteroatoms. The van der Waals surface area contributed by atoms with Crippen LogP contribution in [0.25, 0.3) is 11.1 Å². The first-order valence-electron chi connectivity index (χ1n) is 9.34. The SMILES string of the molecule is N#C[C@@H]1[C@@H](c2ccccc2-c2ccccc2F)[C@@H](CO)N1C(=O)C1CCC1. The average Bonchev–Trinajstić information content (AvgIpc) is 2.61. The fraction of sp³-hybridized carbons (Fsp3) is 0.364. The van der Waals surface area contributed by atoms with Crippen LogP contribution in [0, 0.1) is 23.1 Å². The van der Waals surface area contributed by atoms with E-state index in [1.54, 1.807) is 23.1 Å². The molecule has 2 aromatic carbocycles. The molecule has 0 aromatic heterocycles. The van der Waals surface area contributed by atoms with Crippen molar-refractivity contribution >= 4 is 5.91 Å². The molecular formula is C22H21FN2O2. The molecule has 0 unspecified atom stereocenters. The maximum Gasteiger partial charge on any atom is 0.227 e. The van der Waals surface area contributed by atoms with Crippen molar-refractivity contribution < 1.29 is 14.3 Å². The monoisotopic (exact) mass is 364 g/mol. The molecule has 1 amide bonds. The fourth-order valence-corrected chi connectivity index (χ4v) is 4.26. The van der Waals surface area contributed by atoms with E-state index in [1.807, 2.05) is 24.3 Å². The van der Waals surface area contributed by atoms with E-state index in [0.717, 1.165) is 24.8 Å². The van der Waals surface area contributed by atoms with Crippen LogP contribution in [-0.4, -0.2) is 34.6 Å². The Hall–Kier alpha value is -2.71. The number of nitriles is 1. The Kier molecular flexibility index (Phi) is 4.67. The minimum atomic E-state index is -0.636. The summed E-state index contributed by atoms with van der Waals surface area (Å²) in [5.74, 6) is -0.732. The number of nitrogens with zero attached hydrogens (tertiary/aromatic N) is 2. The predicted molar refractivity (Wildman–Crippen MR) is 99.0 cm³/mol. The molecule has 1 N–H and O–H groups in total. The zero-order valence-electron chi connectivity index (χ0n) is 14.9. The van der Waals surface area contributed by atoms with Crippen molar-refractivity contribution in [3.63, 3.8) is 0 Å². The van der Waals surface area contributed by atoms with Crippen molar-refractivity contribution in [3.05, 3.63) is 59.9 Å². The molecule has 0 spiro atoms. The summed E-state index contributed by atoms with van der Waals surface area (Å²) in [6.07, 6.45) is 2.73. The lowest BCUT2D eigenvalue weighted by Gasteiger charge is -2.53. The van der Waals surface area contributed by atoms with Crippen LogP contribution in [0.15, 0.2) is 48.5 Å². The van der Waals surface area contributed by atoms with E-state index in [2.05, 4.69) is 6.07 Å². The van der Waals surface area contributed by atoms with Crippen LogP contribution in [0.5, 0.6) is 0 Å². The van der Waals surface area contributed by atoms with Gasteiger partial charge in [-0.2, -0.15) is 5.26 Å². The van der Waals surface area contributed by atoms with Crippen molar-refractivity contribution in [1.29, 1.82) is 5.26 Å². The minimum Gasteiger partial charge on any atom is -0.394 e. The molecule has 1 aliphatic carbocycles. The number of halogens is 1. The second-order valence-corrected chi connectivity index (χ2v) is 7.29. The maximum absolute atomic E-state index is 14.4. The zero-order chi connectivity index (χ0) is 19.0. The molecule has 1 aliphatic heterocycles. The second kappa shape index (κ2) is 7.13. The third-order valence-electron chi connectivity index (χ3n) is 5.92. The Bertz CT molecular complexity index is 903. The van der Waals surface area contributed by atoms with E-state index in [0.29, 0.717) is 11.1 Å². The van der Waals surface area contributed by atoms with Crippen molar-refractivity contribution in [3.8, 4) is 17.2 Å². The number of rotatable bonds is 4. The van der Waals surface area contributed by atoms with Gasteiger partial charge in [0, 0.05) is 17.4 Å². The molecule has 138 valence electrons. The number of likely N-dealkylation sites (tertiary alicyclic amines) is 1. The van der Waals surface area contributed by atoms with Gasteiger partial charge in [0.1, 0.15) is 11.9 Å². The quantitative estimate of drug-likeness (QED) is 0.903. The first-order valence-corrected chi connectivity index (χ1v) is 9.34. The Balaban J connectivity index is 1.72. The van der Waals surface area contributed by atoms with Gasteiger partial charge in [0.15, 0.2) is 0 Å². The van der Waals surface area contributed by atoms with E-state index in [4.69, 9.17) is 0 Å². The Labute approximate surface area is 157 Å². The standard InChI is InChI=1S/C22H21FN2O2/c23-18-11-4-3-9-16(18)15-8-1-2-10-17(15)21-19(12-24)25(20(21)13-26)22(27)14-6-5-7-14/h1-4,8-11,14,19-21,26H,5-7,13H2/t19-,20-,21-/m1/s1. The summed E-state index contributed by atoms with van der Waals surface area (Å²) in [7, 11) is 0. The van der Waals surface area contributed by atoms with Crippen molar-refractivity contribution in [1.82, 2.24) is 4.90 Å². The van der Waals surface area contributed by atoms with Gasteiger partial charge in [-0.3, -0.25) is 4.79 Å². The van der Waals surface area contributed by atoms with Gasteiger partial charge < -0.3 is 10.0 Å². The smallest absolute Gasteiger partial charge is 0.227 e. The third-order valence-corrected chi connectivity index (χ3v) is 5.92. The molecule has 0 bridgehead atoms. The van der Waals surface area contributed by atoms with Gasteiger partial charge in [-0.1, -0.05) is 48.9 Å². The number of hydrogen-bond donors (Lipinski definition) is 1. The van der Waals surface area contributed by atoms with Gasteiger partial charge in [0.25, 0.3) is 0 Å². The fourth-order valence-electron chi connectivity index (χ4n) is 4.26. The normalized spacial score (nSPS) is 24.6. The molecule has 1 saturated heterocycles. The lowest BCUT2D eigenvalue weighted by atomic mass is 9.71. The molecule has 3 atom stereocenters. The molecule has 4 rings (SSSR count). The van der Waals surface area contributed by atoms with Gasteiger partial charge in [0.05, 0.1) is 18.7 Å². The molecule has 2 aliphatic rings. The van der Waals surface area contributed by atoms with Crippen LogP contribution in [0.3, 0.4) is 0 Å². The molecule has 2 fully saturated rings. The number of aliphatic hydroxyl groups excluding tert-OH is 1. The molecule has 1 saturated carbocycles. The summed E-state index contributed by atoms with van der Waals surface area (Å²) in [4.78, 5) is 14.3. The van der Waals surface area contributed by atoms with Gasteiger partial charge in [0.2, 0.25) is 5.91 Å². The summed E-state index contributed by atoms with van der Waals surface area (Å²) >= 11 is 0. The molecule has 0 radical (unpaired) electrons. The van der Waals surface area contributed by atoms with E-state index in [1.165, 1.54) is 6.07 Å². The lowest BCUT2D eigenvalue weighted by Crippen LogP contribution is -2.66. The highest BCUT2D eigenvalue weighted by atomic mass is 19.1. The van der Waals surface area contributed by atoms with Crippen LogP contribution >= 0.6 is 0 Å². The highest BCUT2D eigenvalue weighted by Crippen LogP contribution is 2.46. The van der Waals surface area contributed by atoms with Crippen molar-refractivity contribution in [2.24, 2.45) is 5.92 Å². The first-order chi connectivity index (χ1) is 13.2. The van der Waals surface area contributed by atoms with Gasteiger partial charge in [-0.15, -0.1) is 0 Å². The lowest BCUT2D eigenvalue weighted by molar-refractivity contribution is -0.154. The van der Waals surface area contributed by atoms with Gasteiger partial charge in [-0.05, 0) is 30.0 Å². The van der Waals surface area contributed by atoms with Crippen molar-refractivity contribution in [2.75, 3.05) is 6.61 Å². The number of carbonyl (C=O) groups is 1. The number of aliphatic hydroxyl groups is 1. The predicted octanol–water partition coefficient (Wildman–Crippen LogP) is 3.47. The molecule has 1 heterocycles. The van der Waals surface area contributed by atoms with E-state index < -0.39 is 12.1 Å². The second-order valence-electron chi connectivity index (χ2n) is 7.29. The number of carbonyl (C=O) groups excluding carboxylic acids is 1. The molecule has 4 nitrogen and oxygen atoms in total. The number of amides is 1. The summed E-state index contributed by atoms with van der Waals surface area (Å²) in [5.41, 5.74) is 1.96. The summed E-state index contributed by atoms with van der Waals surface area (Å²) < 4.78 is 14.4. The first kappa shape index (κ1) is 17.7. The molecular weight excluding hydrogens is 343 g/mol. The zero-order valence-corrected chi connectivity index (χ0v) is 14.9. The topological polar surface area (TPSA) is 64.3 Å². The Morgan fingerprint density at radius 3 is 2.41 bits per heavy atom. The van der Waals surface area contributed by atoms with Gasteiger partial charge in [-0.25, -0.2) is 4.39 Å². The van der Waals surface area contributed by atoms with Gasteiger partial charge >= 0.3 is 0 Å². The highest BCUT2D eigenvalue weighted by Gasteiger charge is 2.53. The highest BCUT2D eigenvalue weighted by molar-refractivity contribution is 5.83. The maximum atomic E-state index is 14.4. The molecule has 27 heavy (non-hydrogen) atoms. The van der Waals surface area contributed by atoms with E-state index in [-0.39, 0.29) is 30.2 Å². The largest absolute Gasteiger partial charge is 0.394 e.